The van der Waals surface area contributed by atoms with Gasteiger partial charge in [-0.15, -0.1) is 0 Å². The molecule has 0 saturated heterocycles. The van der Waals surface area contributed by atoms with Gasteiger partial charge in [-0.05, 0) is 52.3 Å². The van der Waals surface area contributed by atoms with Crippen molar-refractivity contribution >= 4 is 49.0 Å². The van der Waals surface area contributed by atoms with Crippen LogP contribution in [0.5, 0.6) is 0 Å². The van der Waals surface area contributed by atoms with Crippen LogP contribution in [0.1, 0.15) is 10.4 Å². The zero-order chi connectivity index (χ0) is 16.5. The van der Waals surface area contributed by atoms with E-state index in [4.69, 9.17) is 11.6 Å². The van der Waals surface area contributed by atoms with Crippen molar-refractivity contribution in [1.82, 2.24) is 0 Å². The van der Waals surface area contributed by atoms with Gasteiger partial charge in [-0.1, -0.05) is 11.6 Å². The van der Waals surface area contributed by atoms with E-state index in [0.29, 0.717) is 0 Å². The molecule has 2 aromatic rings. The number of hydrogen-bond acceptors (Lipinski definition) is 3. The fraction of sp³-hybridized carbons (Fsp3) is 0.0714. The number of sulfone groups is 1. The number of nitrogens with one attached hydrogen (secondary N) is 1. The topological polar surface area (TPSA) is 63.2 Å². The van der Waals surface area contributed by atoms with E-state index in [1.807, 2.05) is 0 Å². The first-order valence-corrected chi connectivity index (χ1v) is 9.01. The Balaban J connectivity index is 2.36. The highest BCUT2D eigenvalue weighted by Crippen LogP contribution is 2.27. The van der Waals surface area contributed by atoms with Crippen LogP contribution in [0.4, 0.5) is 10.1 Å². The lowest BCUT2D eigenvalue weighted by molar-refractivity contribution is 0.102. The molecule has 4 nitrogen and oxygen atoms in total. The van der Waals surface area contributed by atoms with Crippen molar-refractivity contribution in [1.29, 1.82) is 0 Å². The first kappa shape index (κ1) is 16.9. The molecule has 0 spiro atoms. The van der Waals surface area contributed by atoms with E-state index in [0.717, 1.165) is 18.4 Å². The maximum atomic E-state index is 13.0. The smallest absolute Gasteiger partial charge is 0.256 e. The average Bonchev–Trinajstić information content (AvgIpc) is 2.39. The first-order chi connectivity index (χ1) is 10.2. The third-order valence-electron chi connectivity index (χ3n) is 2.79. The number of rotatable bonds is 3. The van der Waals surface area contributed by atoms with E-state index in [1.165, 1.54) is 24.3 Å². The van der Waals surface area contributed by atoms with Crippen molar-refractivity contribution in [3.63, 3.8) is 0 Å². The molecule has 0 atom stereocenters. The fourth-order valence-electron chi connectivity index (χ4n) is 1.69. The SMILES string of the molecule is CS(=O)(=O)c1ccc(Cl)c(NC(=O)c2ccc(F)cc2Br)c1. The Labute approximate surface area is 140 Å². The molecule has 0 fully saturated rings. The van der Waals surface area contributed by atoms with Gasteiger partial charge in [-0.2, -0.15) is 0 Å². The lowest BCUT2D eigenvalue weighted by Crippen LogP contribution is -2.13. The van der Waals surface area contributed by atoms with Crippen LogP contribution in [-0.2, 0) is 9.84 Å². The summed E-state index contributed by atoms with van der Waals surface area (Å²) in [4.78, 5) is 12.2. The van der Waals surface area contributed by atoms with Crippen molar-refractivity contribution < 1.29 is 17.6 Å². The van der Waals surface area contributed by atoms with Crippen LogP contribution in [0.15, 0.2) is 45.8 Å². The minimum atomic E-state index is -3.43. The highest BCUT2D eigenvalue weighted by atomic mass is 79.9. The summed E-state index contributed by atoms with van der Waals surface area (Å²) < 4.78 is 36.4. The number of carbonyl (C=O) groups is 1. The molecule has 0 bridgehead atoms. The number of anilines is 1. The molecule has 2 rings (SSSR count). The largest absolute Gasteiger partial charge is 0.321 e. The van der Waals surface area contributed by atoms with E-state index in [2.05, 4.69) is 21.2 Å². The molecule has 1 N–H and O–H groups in total. The summed E-state index contributed by atoms with van der Waals surface area (Å²) in [7, 11) is -3.43. The Bertz CT molecular complexity index is 855. The Morgan fingerprint density at radius 1 is 1.23 bits per heavy atom. The van der Waals surface area contributed by atoms with Gasteiger partial charge in [0.05, 0.1) is 21.2 Å². The van der Waals surface area contributed by atoms with Crippen LogP contribution in [0, 0.1) is 5.82 Å². The second kappa shape index (κ2) is 6.36. The number of carbonyl (C=O) groups excluding carboxylic acids is 1. The van der Waals surface area contributed by atoms with E-state index in [9.17, 15) is 17.6 Å². The molecule has 2 aromatic carbocycles. The van der Waals surface area contributed by atoms with E-state index >= 15 is 0 Å². The van der Waals surface area contributed by atoms with Gasteiger partial charge in [0.1, 0.15) is 5.82 Å². The first-order valence-electron chi connectivity index (χ1n) is 5.94. The van der Waals surface area contributed by atoms with Crippen molar-refractivity contribution in [2.45, 2.75) is 4.90 Å². The normalized spacial score (nSPS) is 11.3. The highest BCUT2D eigenvalue weighted by Gasteiger charge is 2.15. The zero-order valence-corrected chi connectivity index (χ0v) is 14.4. The summed E-state index contributed by atoms with van der Waals surface area (Å²) in [5, 5.41) is 2.71. The van der Waals surface area contributed by atoms with E-state index in [-0.39, 0.29) is 25.6 Å². The Kier molecular flexibility index (Phi) is 4.89. The average molecular weight is 407 g/mol. The number of hydrogen-bond donors (Lipinski definition) is 1. The molecule has 0 saturated carbocycles. The van der Waals surface area contributed by atoms with Crippen molar-refractivity contribution in [3.05, 3.63) is 57.3 Å². The van der Waals surface area contributed by atoms with Crippen molar-refractivity contribution in [2.75, 3.05) is 11.6 Å². The predicted octanol–water partition coefficient (Wildman–Crippen LogP) is 3.90. The quantitative estimate of drug-likeness (QED) is 0.841. The molecule has 22 heavy (non-hydrogen) atoms. The summed E-state index contributed by atoms with van der Waals surface area (Å²) in [5.41, 5.74) is 0.355. The zero-order valence-electron chi connectivity index (χ0n) is 11.2. The van der Waals surface area contributed by atoms with Gasteiger partial charge in [0.2, 0.25) is 0 Å². The molecule has 0 unspecified atom stereocenters. The molecule has 116 valence electrons. The summed E-state index contributed by atoms with van der Waals surface area (Å²) in [6.45, 7) is 0. The Morgan fingerprint density at radius 3 is 2.50 bits per heavy atom. The van der Waals surface area contributed by atoms with Gasteiger partial charge < -0.3 is 5.32 Å². The number of amides is 1. The van der Waals surface area contributed by atoms with Crippen molar-refractivity contribution in [2.24, 2.45) is 0 Å². The van der Waals surface area contributed by atoms with Gasteiger partial charge in [-0.25, -0.2) is 12.8 Å². The Hall–Kier alpha value is -1.44. The fourth-order valence-corrected chi connectivity index (χ4v) is 3.04. The number of benzene rings is 2. The summed E-state index contributed by atoms with van der Waals surface area (Å²) >= 11 is 9.06. The summed E-state index contributed by atoms with van der Waals surface area (Å²) in [5.74, 6) is -1.03. The highest BCUT2D eigenvalue weighted by molar-refractivity contribution is 9.10. The van der Waals surface area contributed by atoms with Crippen LogP contribution in [-0.4, -0.2) is 20.6 Å². The predicted molar refractivity (Wildman–Crippen MR) is 86.6 cm³/mol. The van der Waals surface area contributed by atoms with Crippen LogP contribution in [0.25, 0.3) is 0 Å². The molecule has 0 aliphatic rings. The summed E-state index contributed by atoms with van der Waals surface area (Å²) in [6, 6.07) is 7.61. The second-order valence-corrected chi connectivity index (χ2v) is 7.77. The third kappa shape index (κ3) is 3.85. The Morgan fingerprint density at radius 2 is 1.91 bits per heavy atom. The molecular formula is C14H10BrClFNO3S. The van der Waals surface area contributed by atoms with Gasteiger partial charge in [-0.3, -0.25) is 4.79 Å². The lowest BCUT2D eigenvalue weighted by atomic mass is 10.2. The van der Waals surface area contributed by atoms with Crippen LogP contribution >= 0.6 is 27.5 Å². The summed E-state index contributed by atoms with van der Waals surface area (Å²) in [6.07, 6.45) is 1.05. The molecule has 0 heterocycles. The molecule has 0 aromatic heterocycles. The molecule has 1 amide bonds. The van der Waals surface area contributed by atoms with E-state index < -0.39 is 21.6 Å². The van der Waals surface area contributed by atoms with Crippen LogP contribution in [0.3, 0.4) is 0 Å². The minimum absolute atomic E-state index is 0.0328. The lowest BCUT2D eigenvalue weighted by Gasteiger charge is -2.10. The minimum Gasteiger partial charge on any atom is -0.321 e. The molecule has 0 radical (unpaired) electrons. The third-order valence-corrected chi connectivity index (χ3v) is 4.89. The van der Waals surface area contributed by atoms with Gasteiger partial charge >= 0.3 is 0 Å². The monoisotopic (exact) mass is 405 g/mol. The number of halogens is 3. The second-order valence-electron chi connectivity index (χ2n) is 4.49. The van der Waals surface area contributed by atoms with Crippen LogP contribution < -0.4 is 5.32 Å². The maximum Gasteiger partial charge on any atom is 0.256 e. The van der Waals surface area contributed by atoms with Crippen LogP contribution in [0.2, 0.25) is 5.02 Å². The van der Waals surface area contributed by atoms with Gasteiger partial charge in [0.25, 0.3) is 5.91 Å². The maximum absolute atomic E-state index is 13.0. The van der Waals surface area contributed by atoms with E-state index in [1.54, 1.807) is 0 Å². The molecule has 0 aliphatic heterocycles. The molecule has 0 aliphatic carbocycles. The van der Waals surface area contributed by atoms with Gasteiger partial charge in [0, 0.05) is 10.7 Å². The van der Waals surface area contributed by atoms with Gasteiger partial charge in [0.15, 0.2) is 9.84 Å². The standard InChI is InChI=1S/C14H10BrClFNO3S/c1-22(20,21)9-3-5-12(16)13(7-9)18-14(19)10-4-2-8(17)6-11(10)15/h2-7H,1H3,(H,18,19). The molecule has 8 heteroatoms. The molecular weight excluding hydrogens is 397 g/mol. The van der Waals surface area contributed by atoms with Crippen molar-refractivity contribution in [3.8, 4) is 0 Å².